The molecule has 0 aliphatic heterocycles. The van der Waals surface area contributed by atoms with Crippen LogP contribution in [0, 0.1) is 5.92 Å². The molecular formula is C17H25N5O2. The summed E-state index contributed by atoms with van der Waals surface area (Å²) in [5.74, 6) is 0.396. The zero-order valence-electron chi connectivity index (χ0n) is 14.3. The highest BCUT2D eigenvalue weighted by Gasteiger charge is 2.12. The van der Waals surface area contributed by atoms with Gasteiger partial charge in [-0.05, 0) is 37.0 Å². The van der Waals surface area contributed by atoms with E-state index in [4.69, 9.17) is 0 Å². The number of aromatic nitrogens is 3. The molecule has 0 saturated carbocycles. The van der Waals surface area contributed by atoms with Crippen molar-refractivity contribution < 1.29 is 9.90 Å². The fourth-order valence-electron chi connectivity index (χ4n) is 2.43. The number of rotatable bonds is 7. The summed E-state index contributed by atoms with van der Waals surface area (Å²) in [4.78, 5) is 15.8. The molecule has 7 heteroatoms. The topological polar surface area (TPSA) is 92.1 Å². The molecule has 2 aromatic rings. The second kappa shape index (κ2) is 8.44. The van der Waals surface area contributed by atoms with E-state index in [1.807, 2.05) is 45.0 Å². The van der Waals surface area contributed by atoms with Gasteiger partial charge in [0.25, 0.3) is 0 Å². The Kier molecular flexibility index (Phi) is 6.31. The number of amides is 2. The molecule has 0 radical (unpaired) electrons. The fraction of sp³-hybridized carbons (Fsp3) is 0.471. The molecule has 7 nitrogen and oxygen atoms in total. The van der Waals surface area contributed by atoms with Crippen molar-refractivity contribution in [2.45, 2.75) is 39.3 Å². The minimum atomic E-state index is -0.520. The molecule has 3 N–H and O–H groups in total. The monoisotopic (exact) mass is 331 g/mol. The van der Waals surface area contributed by atoms with Gasteiger partial charge in [0.15, 0.2) is 0 Å². The van der Waals surface area contributed by atoms with E-state index in [9.17, 15) is 9.90 Å². The van der Waals surface area contributed by atoms with Gasteiger partial charge in [-0.1, -0.05) is 26.0 Å². The summed E-state index contributed by atoms with van der Waals surface area (Å²) < 4.78 is 1.67. The van der Waals surface area contributed by atoms with Gasteiger partial charge in [-0.25, -0.2) is 14.5 Å². The second-order valence-corrected chi connectivity index (χ2v) is 6.29. The average Bonchev–Trinajstić information content (AvgIpc) is 3.07. The molecule has 24 heavy (non-hydrogen) atoms. The molecule has 130 valence electrons. The van der Waals surface area contributed by atoms with E-state index in [1.165, 1.54) is 6.33 Å². The third-order valence-corrected chi connectivity index (χ3v) is 3.67. The standard InChI is InChI=1S/C17H25N5O2/c1-12(2)8-16(23)9-19-17(24)21-13(3)14-4-6-15(7-5-14)22-11-18-10-20-22/h4-7,10-13,16,23H,8-9H2,1-3H3,(H2,19,21,24). The number of nitrogens with one attached hydrogen (secondary N) is 2. The Labute approximate surface area is 142 Å². The molecule has 1 aromatic carbocycles. The van der Waals surface area contributed by atoms with Crippen LogP contribution in [0.3, 0.4) is 0 Å². The van der Waals surface area contributed by atoms with E-state index in [2.05, 4.69) is 20.7 Å². The van der Waals surface area contributed by atoms with Crippen LogP contribution in [-0.4, -0.2) is 38.6 Å². The maximum atomic E-state index is 11.9. The van der Waals surface area contributed by atoms with Crippen molar-refractivity contribution in [1.29, 1.82) is 0 Å². The molecular weight excluding hydrogens is 306 g/mol. The Balaban J connectivity index is 1.83. The van der Waals surface area contributed by atoms with E-state index in [1.54, 1.807) is 11.0 Å². The van der Waals surface area contributed by atoms with E-state index >= 15 is 0 Å². The minimum absolute atomic E-state index is 0.142. The van der Waals surface area contributed by atoms with Crippen molar-refractivity contribution in [3.05, 3.63) is 42.5 Å². The number of urea groups is 1. The molecule has 2 amide bonds. The average molecular weight is 331 g/mol. The lowest BCUT2D eigenvalue weighted by molar-refractivity contribution is 0.146. The lowest BCUT2D eigenvalue weighted by Crippen LogP contribution is -2.41. The zero-order valence-corrected chi connectivity index (χ0v) is 14.3. The van der Waals surface area contributed by atoms with Gasteiger partial charge >= 0.3 is 6.03 Å². The maximum absolute atomic E-state index is 11.9. The van der Waals surface area contributed by atoms with Gasteiger partial charge in [-0.2, -0.15) is 5.10 Å². The van der Waals surface area contributed by atoms with Gasteiger partial charge in [0.1, 0.15) is 12.7 Å². The van der Waals surface area contributed by atoms with E-state index in [0.717, 1.165) is 11.3 Å². The summed E-state index contributed by atoms with van der Waals surface area (Å²) in [6.07, 6.45) is 3.26. The third kappa shape index (κ3) is 5.34. The molecule has 0 aliphatic rings. The van der Waals surface area contributed by atoms with Gasteiger partial charge in [0.05, 0.1) is 17.8 Å². The summed E-state index contributed by atoms with van der Waals surface area (Å²) in [6, 6.07) is 7.30. The smallest absolute Gasteiger partial charge is 0.315 e. The number of carbonyl (C=O) groups is 1. The molecule has 1 heterocycles. The number of aliphatic hydroxyl groups is 1. The van der Waals surface area contributed by atoms with Gasteiger partial charge in [-0.3, -0.25) is 0 Å². The normalized spacial score (nSPS) is 13.5. The van der Waals surface area contributed by atoms with Crippen molar-refractivity contribution in [2.75, 3.05) is 6.54 Å². The van der Waals surface area contributed by atoms with Crippen LogP contribution in [0.4, 0.5) is 4.79 Å². The Bertz CT molecular complexity index is 625. The maximum Gasteiger partial charge on any atom is 0.315 e. The molecule has 2 unspecified atom stereocenters. The van der Waals surface area contributed by atoms with Gasteiger partial charge in [0.2, 0.25) is 0 Å². The molecule has 0 bridgehead atoms. The largest absolute Gasteiger partial charge is 0.391 e. The van der Waals surface area contributed by atoms with Crippen LogP contribution in [0.5, 0.6) is 0 Å². The van der Waals surface area contributed by atoms with Crippen LogP contribution in [-0.2, 0) is 0 Å². The molecule has 1 aromatic heterocycles. The van der Waals surface area contributed by atoms with Crippen molar-refractivity contribution in [3.63, 3.8) is 0 Å². The second-order valence-electron chi connectivity index (χ2n) is 6.29. The first-order valence-corrected chi connectivity index (χ1v) is 8.13. The van der Waals surface area contributed by atoms with Crippen molar-refractivity contribution in [1.82, 2.24) is 25.4 Å². The van der Waals surface area contributed by atoms with E-state index in [0.29, 0.717) is 12.3 Å². The van der Waals surface area contributed by atoms with E-state index < -0.39 is 6.10 Å². The first kappa shape index (κ1) is 17.9. The van der Waals surface area contributed by atoms with Crippen LogP contribution in [0.25, 0.3) is 5.69 Å². The molecule has 0 fully saturated rings. The SMILES string of the molecule is CC(C)CC(O)CNC(=O)NC(C)c1ccc(-n2cncn2)cc1. The van der Waals surface area contributed by atoms with Crippen LogP contribution in [0.2, 0.25) is 0 Å². The van der Waals surface area contributed by atoms with Crippen LogP contribution in [0.1, 0.15) is 38.8 Å². The van der Waals surface area contributed by atoms with Crippen molar-refractivity contribution in [2.24, 2.45) is 5.92 Å². The predicted molar refractivity (Wildman–Crippen MR) is 91.8 cm³/mol. The Morgan fingerprint density at radius 3 is 2.54 bits per heavy atom. The third-order valence-electron chi connectivity index (χ3n) is 3.67. The van der Waals surface area contributed by atoms with Crippen LogP contribution < -0.4 is 10.6 Å². The molecule has 0 aliphatic carbocycles. The highest BCUT2D eigenvalue weighted by atomic mass is 16.3. The van der Waals surface area contributed by atoms with Gasteiger partial charge in [-0.15, -0.1) is 0 Å². The summed E-state index contributed by atoms with van der Waals surface area (Å²) in [5.41, 5.74) is 1.89. The minimum Gasteiger partial charge on any atom is -0.391 e. The van der Waals surface area contributed by atoms with Crippen LogP contribution >= 0.6 is 0 Å². The zero-order chi connectivity index (χ0) is 17.5. The lowest BCUT2D eigenvalue weighted by atomic mass is 10.1. The summed E-state index contributed by atoms with van der Waals surface area (Å²) in [7, 11) is 0. The number of aliphatic hydroxyl groups excluding tert-OH is 1. The number of carbonyl (C=O) groups excluding carboxylic acids is 1. The highest BCUT2D eigenvalue weighted by molar-refractivity contribution is 5.74. The molecule has 2 rings (SSSR count). The number of hydrogen-bond acceptors (Lipinski definition) is 4. The number of nitrogens with zero attached hydrogens (tertiary/aromatic N) is 3. The summed E-state index contributed by atoms with van der Waals surface area (Å²) in [5, 5.41) is 19.4. The number of benzene rings is 1. The van der Waals surface area contributed by atoms with Crippen LogP contribution in [0.15, 0.2) is 36.9 Å². The van der Waals surface area contributed by atoms with E-state index in [-0.39, 0.29) is 18.6 Å². The summed E-state index contributed by atoms with van der Waals surface area (Å²) >= 11 is 0. The Hall–Kier alpha value is -2.41. The molecule has 2 atom stereocenters. The fourth-order valence-corrected chi connectivity index (χ4v) is 2.43. The quantitative estimate of drug-likeness (QED) is 0.724. The van der Waals surface area contributed by atoms with Crippen molar-refractivity contribution in [3.8, 4) is 5.69 Å². The highest BCUT2D eigenvalue weighted by Crippen LogP contribution is 2.15. The van der Waals surface area contributed by atoms with Gasteiger partial charge < -0.3 is 15.7 Å². The number of hydrogen-bond donors (Lipinski definition) is 3. The predicted octanol–water partition coefficient (Wildman–Crippen LogP) is 2.03. The van der Waals surface area contributed by atoms with Gasteiger partial charge in [0, 0.05) is 6.54 Å². The Morgan fingerprint density at radius 2 is 1.96 bits per heavy atom. The first-order valence-electron chi connectivity index (χ1n) is 8.13. The summed E-state index contributed by atoms with van der Waals surface area (Å²) in [6.45, 7) is 6.24. The van der Waals surface area contributed by atoms with Crippen molar-refractivity contribution >= 4 is 6.03 Å². The molecule has 0 spiro atoms. The molecule has 0 saturated heterocycles. The Morgan fingerprint density at radius 1 is 1.25 bits per heavy atom. The lowest BCUT2D eigenvalue weighted by Gasteiger charge is -2.17. The first-order chi connectivity index (χ1) is 11.5.